The molecule has 4 rings (SSSR count). The molecule has 0 saturated carbocycles. The Labute approximate surface area is 238 Å². The number of aliphatic hydroxyl groups is 1. The van der Waals surface area contributed by atoms with E-state index in [0.717, 1.165) is 16.8 Å². The summed E-state index contributed by atoms with van der Waals surface area (Å²) in [5.74, 6) is 0.318. The molecule has 0 bridgehead atoms. The van der Waals surface area contributed by atoms with Gasteiger partial charge in [-0.15, -0.1) is 10.2 Å². The molecule has 0 radical (unpaired) electrons. The van der Waals surface area contributed by atoms with Crippen LogP contribution in [0.1, 0.15) is 31.9 Å². The zero-order valence-corrected chi connectivity index (χ0v) is 23.7. The monoisotopic (exact) mass is 553 g/mol. The Morgan fingerprint density at radius 1 is 1.02 bits per heavy atom. The number of thioether (sulfide) groups is 1. The topological polar surface area (TPSA) is 113 Å². The summed E-state index contributed by atoms with van der Waals surface area (Å²) in [5, 5.41) is 32.3. The van der Waals surface area contributed by atoms with Crippen LogP contribution in [0.2, 0.25) is 0 Å². The number of aliphatic hydroxyl groups excluding tert-OH is 1. The van der Waals surface area contributed by atoms with Gasteiger partial charge in [0.25, 0.3) is 5.91 Å². The number of hydrogen-bond acceptors (Lipinski definition) is 7. The lowest BCUT2D eigenvalue weighted by atomic mass is 9.87. The Morgan fingerprint density at radius 3 is 2.30 bits per heavy atom. The van der Waals surface area contributed by atoms with Gasteiger partial charge in [0.1, 0.15) is 17.6 Å². The maximum absolute atomic E-state index is 12.6. The van der Waals surface area contributed by atoms with Gasteiger partial charge in [-0.05, 0) is 40.8 Å². The van der Waals surface area contributed by atoms with Crippen LogP contribution in [0.5, 0.6) is 5.75 Å². The van der Waals surface area contributed by atoms with Gasteiger partial charge >= 0.3 is 0 Å². The lowest BCUT2D eigenvalue weighted by Gasteiger charge is -2.19. The Morgan fingerprint density at radius 2 is 1.70 bits per heavy atom. The minimum atomic E-state index is -0.638. The van der Waals surface area contributed by atoms with Crippen LogP contribution in [-0.2, 0) is 16.8 Å². The van der Waals surface area contributed by atoms with Gasteiger partial charge in [-0.1, -0.05) is 87.1 Å². The molecule has 4 aromatic rings. The van der Waals surface area contributed by atoms with Gasteiger partial charge < -0.3 is 15.2 Å². The molecule has 204 valence electrons. The van der Waals surface area contributed by atoms with Crippen LogP contribution >= 0.6 is 11.8 Å². The summed E-state index contributed by atoms with van der Waals surface area (Å²) in [6.45, 7) is 6.73. The molecule has 0 atom stereocenters. The van der Waals surface area contributed by atoms with Crippen molar-refractivity contribution in [3.8, 4) is 28.9 Å². The lowest BCUT2D eigenvalue weighted by Crippen LogP contribution is -2.25. The summed E-state index contributed by atoms with van der Waals surface area (Å²) >= 11 is 1.18. The molecule has 0 unspecified atom stereocenters. The number of nitrogens with one attached hydrogen (secondary N) is 1. The molecular weight excluding hydrogens is 522 g/mol. The number of rotatable bonds is 9. The van der Waals surface area contributed by atoms with Crippen LogP contribution in [0.4, 0.5) is 0 Å². The first-order valence-corrected chi connectivity index (χ1v) is 13.7. The van der Waals surface area contributed by atoms with Crippen LogP contribution in [-0.4, -0.2) is 38.6 Å². The van der Waals surface area contributed by atoms with Crippen molar-refractivity contribution in [2.75, 3.05) is 12.9 Å². The van der Waals surface area contributed by atoms with Gasteiger partial charge in [-0.2, -0.15) is 5.26 Å². The number of benzene rings is 3. The van der Waals surface area contributed by atoms with E-state index in [1.807, 2.05) is 77.4 Å². The average molecular weight is 554 g/mol. The number of aromatic nitrogens is 3. The number of ether oxygens (including phenoxy) is 1. The van der Waals surface area contributed by atoms with Crippen LogP contribution in [0.3, 0.4) is 0 Å². The average Bonchev–Trinajstić information content (AvgIpc) is 3.39. The van der Waals surface area contributed by atoms with Gasteiger partial charge in [0.2, 0.25) is 0 Å². The Hall–Kier alpha value is -4.55. The normalized spacial score (nSPS) is 11.9. The maximum Gasteiger partial charge on any atom is 0.265 e. The first kappa shape index (κ1) is 28.5. The minimum absolute atomic E-state index is 0.0128. The minimum Gasteiger partial charge on any atom is -0.510 e. The summed E-state index contributed by atoms with van der Waals surface area (Å²) in [7, 11) is 1.61. The van der Waals surface area contributed by atoms with Gasteiger partial charge in [0.15, 0.2) is 16.6 Å². The second-order valence-corrected chi connectivity index (χ2v) is 11.0. The molecule has 0 fully saturated rings. The smallest absolute Gasteiger partial charge is 0.265 e. The highest BCUT2D eigenvalue weighted by Gasteiger charge is 2.21. The third-order valence-electron chi connectivity index (χ3n) is 6.23. The van der Waals surface area contributed by atoms with E-state index < -0.39 is 5.91 Å². The summed E-state index contributed by atoms with van der Waals surface area (Å²) in [6, 6.07) is 26.8. The number of hydrogen-bond donors (Lipinski definition) is 2. The number of carbonyl (C=O) groups excluding carboxylic acids is 1. The second-order valence-electron chi connectivity index (χ2n) is 10.1. The lowest BCUT2D eigenvalue weighted by molar-refractivity contribution is -0.117. The summed E-state index contributed by atoms with van der Waals surface area (Å²) in [5.41, 5.74) is 3.44. The molecule has 9 heteroatoms. The van der Waals surface area contributed by atoms with Gasteiger partial charge in [-0.25, -0.2) is 0 Å². The van der Waals surface area contributed by atoms with Crippen molar-refractivity contribution in [3.05, 3.63) is 101 Å². The van der Waals surface area contributed by atoms with Crippen LogP contribution < -0.4 is 10.1 Å². The van der Waals surface area contributed by atoms with Crippen LogP contribution in [0.25, 0.3) is 17.1 Å². The molecule has 0 aliphatic heterocycles. The highest BCUT2D eigenvalue weighted by atomic mass is 32.2. The van der Waals surface area contributed by atoms with Gasteiger partial charge in [0, 0.05) is 17.8 Å². The fourth-order valence-electron chi connectivity index (χ4n) is 3.95. The van der Waals surface area contributed by atoms with E-state index in [-0.39, 0.29) is 29.0 Å². The van der Waals surface area contributed by atoms with E-state index in [0.29, 0.717) is 16.7 Å². The molecule has 2 N–H and O–H groups in total. The predicted octanol–water partition coefficient (Wildman–Crippen LogP) is 5.98. The number of amides is 1. The van der Waals surface area contributed by atoms with E-state index in [9.17, 15) is 15.2 Å². The van der Waals surface area contributed by atoms with Crippen LogP contribution in [0, 0.1) is 11.3 Å². The molecule has 0 aliphatic rings. The third-order valence-corrected chi connectivity index (χ3v) is 7.17. The first-order valence-electron chi connectivity index (χ1n) is 12.7. The molecule has 1 amide bonds. The Balaban J connectivity index is 1.61. The third kappa shape index (κ3) is 6.71. The van der Waals surface area contributed by atoms with E-state index >= 15 is 0 Å². The van der Waals surface area contributed by atoms with Crippen molar-refractivity contribution >= 4 is 17.7 Å². The number of methoxy groups -OCH3 is 1. The zero-order chi connectivity index (χ0) is 28.7. The second kappa shape index (κ2) is 12.5. The molecule has 0 saturated heterocycles. The zero-order valence-electron chi connectivity index (χ0n) is 22.9. The molecule has 0 spiro atoms. The standard InChI is InChI=1S/C31H31N5O3S/c1-31(2,3)23-12-10-22(11-13-23)28-34-35-30(36(28)24-14-16-25(39-4)17-15-24)40-20-27(37)26(18-32)29(38)33-19-21-8-6-5-7-9-21/h5-17,37H,19-20H2,1-4H3,(H,33,38)/b27-26+. The van der Waals surface area contributed by atoms with E-state index in [1.54, 1.807) is 7.11 Å². The highest BCUT2D eigenvalue weighted by molar-refractivity contribution is 7.99. The summed E-state index contributed by atoms with van der Waals surface area (Å²) in [4.78, 5) is 12.6. The van der Waals surface area contributed by atoms with E-state index in [2.05, 4.69) is 48.4 Å². The first-order chi connectivity index (χ1) is 19.2. The van der Waals surface area contributed by atoms with Crippen molar-refractivity contribution in [1.82, 2.24) is 20.1 Å². The molecule has 3 aromatic carbocycles. The Bertz CT molecular complexity index is 1530. The summed E-state index contributed by atoms with van der Waals surface area (Å²) in [6.07, 6.45) is 0. The predicted molar refractivity (Wildman–Crippen MR) is 156 cm³/mol. The fourth-order valence-corrected chi connectivity index (χ4v) is 4.78. The molecule has 40 heavy (non-hydrogen) atoms. The summed E-state index contributed by atoms with van der Waals surface area (Å²) < 4.78 is 7.19. The van der Waals surface area contributed by atoms with Crippen molar-refractivity contribution in [1.29, 1.82) is 5.26 Å². The molecule has 1 heterocycles. The van der Waals surface area contributed by atoms with Crippen molar-refractivity contribution < 1.29 is 14.6 Å². The highest BCUT2D eigenvalue weighted by Crippen LogP contribution is 2.31. The fraction of sp³-hybridized carbons (Fsp3) is 0.226. The van der Waals surface area contributed by atoms with Crippen molar-refractivity contribution in [3.63, 3.8) is 0 Å². The largest absolute Gasteiger partial charge is 0.510 e. The van der Waals surface area contributed by atoms with Crippen molar-refractivity contribution in [2.24, 2.45) is 0 Å². The van der Waals surface area contributed by atoms with Crippen molar-refractivity contribution in [2.45, 2.75) is 37.9 Å². The maximum atomic E-state index is 12.6. The number of nitriles is 1. The number of nitrogens with zero attached hydrogens (tertiary/aromatic N) is 4. The van der Waals surface area contributed by atoms with Crippen LogP contribution in [0.15, 0.2) is 95.4 Å². The molecular formula is C31H31N5O3S. The van der Waals surface area contributed by atoms with E-state index in [4.69, 9.17) is 4.74 Å². The van der Waals surface area contributed by atoms with Gasteiger partial charge in [0.05, 0.1) is 12.9 Å². The molecule has 0 aliphatic carbocycles. The van der Waals surface area contributed by atoms with Gasteiger partial charge in [-0.3, -0.25) is 9.36 Å². The Kier molecular flexibility index (Phi) is 8.92. The molecule has 8 nitrogen and oxygen atoms in total. The SMILES string of the molecule is COc1ccc(-n2c(SC/C(O)=C(/C#N)C(=O)NCc3ccccc3)nnc2-c2ccc(C(C)(C)C)cc2)cc1. The number of carbonyl (C=O) groups is 1. The molecule has 1 aromatic heterocycles. The quantitative estimate of drug-likeness (QED) is 0.113. The van der Waals surface area contributed by atoms with E-state index in [1.165, 1.54) is 17.3 Å².